The Hall–Kier alpha value is -1.81. The highest BCUT2D eigenvalue weighted by Crippen LogP contribution is 2.23. The number of nitrogens with two attached hydrogens (primary N) is 1. The van der Waals surface area contributed by atoms with Crippen LogP contribution in [0.1, 0.15) is 32.3 Å². The minimum atomic E-state index is -0.159. The highest BCUT2D eigenvalue weighted by molar-refractivity contribution is 5.92. The van der Waals surface area contributed by atoms with Gasteiger partial charge >= 0.3 is 0 Å². The molecule has 1 atom stereocenters. The van der Waals surface area contributed by atoms with E-state index in [1.807, 2.05) is 38.1 Å². The molecule has 1 aliphatic heterocycles. The molecule has 1 aromatic carbocycles. The molecule has 3 N–H and O–H groups in total. The first-order valence-corrected chi connectivity index (χ1v) is 6.93. The lowest BCUT2D eigenvalue weighted by Gasteiger charge is -2.35. The topological polar surface area (TPSA) is 64.4 Å². The Balaban J connectivity index is 1.89. The van der Waals surface area contributed by atoms with Gasteiger partial charge in [-0.2, -0.15) is 0 Å². The van der Waals surface area contributed by atoms with Crippen molar-refractivity contribution >= 4 is 17.7 Å². The van der Waals surface area contributed by atoms with Gasteiger partial charge in [-0.1, -0.05) is 12.1 Å². The van der Waals surface area contributed by atoms with Crippen molar-refractivity contribution in [3.05, 3.63) is 35.9 Å². The van der Waals surface area contributed by atoms with Crippen LogP contribution in [0.2, 0.25) is 0 Å². The highest BCUT2D eigenvalue weighted by Gasteiger charge is 2.29. The van der Waals surface area contributed by atoms with Gasteiger partial charge < -0.3 is 15.8 Å². The zero-order valence-electron chi connectivity index (χ0n) is 12.1. The van der Waals surface area contributed by atoms with Crippen LogP contribution in [0.25, 0.3) is 6.08 Å². The van der Waals surface area contributed by atoms with E-state index in [2.05, 4.69) is 5.32 Å². The van der Waals surface area contributed by atoms with Gasteiger partial charge in [0.15, 0.2) is 0 Å². The van der Waals surface area contributed by atoms with Crippen molar-refractivity contribution in [3.8, 4) is 0 Å². The zero-order chi connectivity index (χ0) is 14.6. The predicted octanol–water partition coefficient (Wildman–Crippen LogP) is 2.36. The molecular formula is C16H22N2O2. The summed E-state index contributed by atoms with van der Waals surface area (Å²) in [5.74, 6) is -0.0740. The van der Waals surface area contributed by atoms with Crippen LogP contribution < -0.4 is 11.1 Å². The smallest absolute Gasteiger partial charge is 0.244 e. The Kier molecular flexibility index (Phi) is 4.45. The zero-order valence-corrected chi connectivity index (χ0v) is 12.1. The van der Waals surface area contributed by atoms with E-state index in [9.17, 15) is 4.79 Å². The van der Waals surface area contributed by atoms with Crippen molar-refractivity contribution in [2.75, 3.05) is 12.3 Å². The van der Waals surface area contributed by atoms with Gasteiger partial charge in [-0.3, -0.25) is 4.79 Å². The first kappa shape index (κ1) is 14.6. The standard InChI is InChI=1S/C16H22N2O2/c1-16(2)11-14(8-9-20-16)18-15(19)7-6-12-4-3-5-13(17)10-12/h3-7,10,14H,8-9,11,17H2,1-2H3,(H,18,19)/b7-6+. The monoisotopic (exact) mass is 274 g/mol. The van der Waals surface area contributed by atoms with Crippen LogP contribution in [0.15, 0.2) is 30.3 Å². The van der Waals surface area contributed by atoms with Gasteiger partial charge in [0.05, 0.1) is 5.60 Å². The molecule has 1 fully saturated rings. The summed E-state index contributed by atoms with van der Waals surface area (Å²) in [6, 6.07) is 7.62. The molecule has 1 saturated heterocycles. The molecule has 1 amide bonds. The molecule has 2 rings (SSSR count). The van der Waals surface area contributed by atoms with Crippen molar-refractivity contribution in [1.82, 2.24) is 5.32 Å². The maximum Gasteiger partial charge on any atom is 0.244 e. The number of nitrogens with one attached hydrogen (secondary N) is 1. The summed E-state index contributed by atoms with van der Waals surface area (Å²) in [6.07, 6.45) is 5.03. The Bertz CT molecular complexity index is 509. The van der Waals surface area contributed by atoms with Crippen molar-refractivity contribution in [2.24, 2.45) is 0 Å². The van der Waals surface area contributed by atoms with Crippen molar-refractivity contribution in [1.29, 1.82) is 0 Å². The van der Waals surface area contributed by atoms with E-state index in [-0.39, 0.29) is 17.6 Å². The highest BCUT2D eigenvalue weighted by atomic mass is 16.5. The van der Waals surface area contributed by atoms with Gasteiger partial charge in [-0.25, -0.2) is 0 Å². The molecular weight excluding hydrogens is 252 g/mol. The lowest BCUT2D eigenvalue weighted by molar-refractivity contribution is -0.119. The maximum absolute atomic E-state index is 11.9. The van der Waals surface area contributed by atoms with Crippen LogP contribution >= 0.6 is 0 Å². The number of rotatable bonds is 3. The van der Waals surface area contributed by atoms with Gasteiger partial charge in [0.25, 0.3) is 0 Å². The molecule has 0 saturated carbocycles. The summed E-state index contributed by atoms with van der Waals surface area (Å²) in [4.78, 5) is 11.9. The molecule has 1 aromatic rings. The molecule has 0 aliphatic carbocycles. The van der Waals surface area contributed by atoms with Gasteiger partial charge in [-0.05, 0) is 50.5 Å². The normalized spacial score (nSPS) is 21.8. The number of anilines is 1. The SMILES string of the molecule is CC1(C)CC(NC(=O)/C=C/c2cccc(N)c2)CCO1. The summed E-state index contributed by atoms with van der Waals surface area (Å²) in [5.41, 5.74) is 7.15. The number of amides is 1. The maximum atomic E-state index is 11.9. The summed E-state index contributed by atoms with van der Waals surface area (Å²) in [7, 11) is 0. The van der Waals surface area contributed by atoms with Gasteiger partial charge in [0.2, 0.25) is 5.91 Å². The fourth-order valence-electron chi connectivity index (χ4n) is 2.44. The molecule has 4 nitrogen and oxygen atoms in total. The van der Waals surface area contributed by atoms with Crippen molar-refractivity contribution in [2.45, 2.75) is 38.3 Å². The average Bonchev–Trinajstić information content (AvgIpc) is 2.35. The van der Waals surface area contributed by atoms with E-state index in [0.717, 1.165) is 18.4 Å². The fourth-order valence-corrected chi connectivity index (χ4v) is 2.44. The van der Waals surface area contributed by atoms with Gasteiger partial charge in [0, 0.05) is 24.4 Å². The molecule has 0 bridgehead atoms. The van der Waals surface area contributed by atoms with Crippen LogP contribution in [-0.2, 0) is 9.53 Å². The van der Waals surface area contributed by atoms with Crippen LogP contribution in [0, 0.1) is 0 Å². The third-order valence-corrected chi connectivity index (χ3v) is 3.38. The number of hydrogen-bond acceptors (Lipinski definition) is 3. The number of carbonyl (C=O) groups excluding carboxylic acids is 1. The first-order chi connectivity index (χ1) is 9.44. The molecule has 4 heteroatoms. The number of nitrogen functional groups attached to an aromatic ring is 1. The summed E-state index contributed by atoms with van der Waals surface area (Å²) >= 11 is 0. The Morgan fingerprint density at radius 1 is 1.50 bits per heavy atom. The predicted molar refractivity (Wildman–Crippen MR) is 81.1 cm³/mol. The Morgan fingerprint density at radius 2 is 2.30 bits per heavy atom. The van der Waals surface area contributed by atoms with E-state index >= 15 is 0 Å². The minimum Gasteiger partial charge on any atom is -0.399 e. The molecule has 0 aromatic heterocycles. The van der Waals surface area contributed by atoms with Gasteiger partial charge in [0.1, 0.15) is 0 Å². The number of benzene rings is 1. The van der Waals surface area contributed by atoms with E-state index in [1.54, 1.807) is 12.2 Å². The van der Waals surface area contributed by atoms with E-state index < -0.39 is 0 Å². The van der Waals surface area contributed by atoms with E-state index in [4.69, 9.17) is 10.5 Å². The molecule has 1 heterocycles. The third kappa shape index (κ3) is 4.38. The molecule has 108 valence electrons. The first-order valence-electron chi connectivity index (χ1n) is 6.93. The summed E-state index contributed by atoms with van der Waals surface area (Å²) < 4.78 is 5.64. The largest absolute Gasteiger partial charge is 0.399 e. The Morgan fingerprint density at radius 3 is 3.00 bits per heavy atom. The number of hydrogen-bond donors (Lipinski definition) is 2. The van der Waals surface area contributed by atoms with Gasteiger partial charge in [-0.15, -0.1) is 0 Å². The number of carbonyl (C=O) groups is 1. The second kappa shape index (κ2) is 6.09. The second-order valence-electron chi connectivity index (χ2n) is 5.81. The lowest BCUT2D eigenvalue weighted by Crippen LogP contribution is -2.45. The molecule has 1 aliphatic rings. The minimum absolute atomic E-state index is 0.0740. The van der Waals surface area contributed by atoms with Crippen molar-refractivity contribution in [3.63, 3.8) is 0 Å². The molecule has 20 heavy (non-hydrogen) atoms. The third-order valence-electron chi connectivity index (χ3n) is 3.38. The summed E-state index contributed by atoms with van der Waals surface area (Å²) in [5, 5.41) is 3.02. The van der Waals surface area contributed by atoms with E-state index in [1.165, 1.54) is 0 Å². The second-order valence-corrected chi connectivity index (χ2v) is 5.81. The Labute approximate surface area is 120 Å². The average molecular weight is 274 g/mol. The van der Waals surface area contributed by atoms with E-state index in [0.29, 0.717) is 12.3 Å². The molecule has 0 spiro atoms. The fraction of sp³-hybridized carbons (Fsp3) is 0.438. The number of ether oxygens (including phenoxy) is 1. The lowest BCUT2D eigenvalue weighted by atomic mass is 9.94. The van der Waals surface area contributed by atoms with Crippen LogP contribution in [0.4, 0.5) is 5.69 Å². The quantitative estimate of drug-likeness (QED) is 0.657. The van der Waals surface area contributed by atoms with Crippen LogP contribution in [0.3, 0.4) is 0 Å². The molecule has 0 radical (unpaired) electrons. The van der Waals surface area contributed by atoms with Crippen molar-refractivity contribution < 1.29 is 9.53 Å². The summed E-state index contributed by atoms with van der Waals surface area (Å²) in [6.45, 7) is 4.79. The van der Waals surface area contributed by atoms with Crippen LogP contribution in [-0.4, -0.2) is 24.2 Å². The van der Waals surface area contributed by atoms with Crippen LogP contribution in [0.5, 0.6) is 0 Å². The molecule has 1 unspecified atom stereocenters.